The summed E-state index contributed by atoms with van der Waals surface area (Å²) in [7, 11) is -1.16. The number of piperidine rings is 1. The van der Waals surface area contributed by atoms with Crippen molar-refractivity contribution in [1.82, 2.24) is 4.90 Å². The summed E-state index contributed by atoms with van der Waals surface area (Å²) in [6.45, 7) is 0.262. The Labute approximate surface area is 187 Å². The zero-order chi connectivity index (χ0) is 23.3. The molecule has 2 amide bonds. The Kier molecular flexibility index (Phi) is 7.24. The molecule has 2 aromatic carbocycles. The van der Waals surface area contributed by atoms with Gasteiger partial charge < -0.3 is 20.1 Å². The van der Waals surface area contributed by atoms with Crippen molar-refractivity contribution in [1.29, 1.82) is 0 Å². The maximum atomic E-state index is 13.5. The minimum atomic E-state index is -4.07. The second kappa shape index (κ2) is 9.90. The van der Waals surface area contributed by atoms with Gasteiger partial charge in [-0.2, -0.15) is 0 Å². The summed E-state index contributed by atoms with van der Waals surface area (Å²) in [5.41, 5.74) is 5.59. The SMILES string of the molecule is COc1ccc(N(CC(=O)N2CCC(C(N)=O)CC2)S(=O)(=O)c2ccccc2)c(OC)c1. The Bertz CT molecular complexity index is 1070. The van der Waals surface area contributed by atoms with Crippen molar-refractivity contribution in [2.75, 3.05) is 38.2 Å². The van der Waals surface area contributed by atoms with Gasteiger partial charge >= 0.3 is 0 Å². The number of benzene rings is 2. The van der Waals surface area contributed by atoms with Crippen molar-refractivity contribution in [2.24, 2.45) is 11.7 Å². The second-order valence-electron chi connectivity index (χ2n) is 7.42. The van der Waals surface area contributed by atoms with Crippen molar-refractivity contribution >= 4 is 27.5 Å². The van der Waals surface area contributed by atoms with Crippen LogP contribution in [0.2, 0.25) is 0 Å². The first-order valence-electron chi connectivity index (χ1n) is 10.1. The normalized spacial score (nSPS) is 14.6. The molecular formula is C22H27N3O6S. The summed E-state index contributed by atoms with van der Waals surface area (Å²) in [6, 6.07) is 12.6. The lowest BCUT2D eigenvalue weighted by molar-refractivity contribution is -0.133. The van der Waals surface area contributed by atoms with E-state index in [-0.39, 0.29) is 34.1 Å². The monoisotopic (exact) mass is 461 g/mol. The van der Waals surface area contributed by atoms with Crippen molar-refractivity contribution in [3.8, 4) is 11.5 Å². The maximum Gasteiger partial charge on any atom is 0.264 e. The molecule has 1 aliphatic heterocycles. The van der Waals surface area contributed by atoms with Gasteiger partial charge in [0.1, 0.15) is 18.0 Å². The molecule has 32 heavy (non-hydrogen) atoms. The number of nitrogens with zero attached hydrogens (tertiary/aromatic N) is 2. The number of ether oxygens (including phenoxy) is 2. The number of methoxy groups -OCH3 is 2. The van der Waals surface area contributed by atoms with Crippen LogP contribution in [0.25, 0.3) is 0 Å². The van der Waals surface area contributed by atoms with Crippen LogP contribution in [0.3, 0.4) is 0 Å². The quantitative estimate of drug-likeness (QED) is 0.638. The Hall–Kier alpha value is -3.27. The van der Waals surface area contributed by atoms with Crippen LogP contribution in [-0.2, 0) is 19.6 Å². The molecule has 172 valence electrons. The van der Waals surface area contributed by atoms with E-state index in [1.807, 2.05) is 0 Å². The third-order valence-electron chi connectivity index (χ3n) is 5.52. The first-order chi connectivity index (χ1) is 15.3. The number of nitrogens with two attached hydrogens (primary N) is 1. The number of carbonyl (C=O) groups is 2. The van der Waals surface area contributed by atoms with E-state index in [9.17, 15) is 18.0 Å². The fourth-order valence-corrected chi connectivity index (χ4v) is 5.09. The van der Waals surface area contributed by atoms with E-state index >= 15 is 0 Å². The van der Waals surface area contributed by atoms with Gasteiger partial charge in [0, 0.05) is 25.1 Å². The summed E-state index contributed by atoms with van der Waals surface area (Å²) in [5, 5.41) is 0. The minimum Gasteiger partial charge on any atom is -0.497 e. The lowest BCUT2D eigenvalue weighted by atomic mass is 9.96. The smallest absolute Gasteiger partial charge is 0.264 e. The minimum absolute atomic E-state index is 0.0538. The highest BCUT2D eigenvalue weighted by molar-refractivity contribution is 7.92. The van der Waals surface area contributed by atoms with Crippen molar-refractivity contribution in [3.63, 3.8) is 0 Å². The molecule has 0 spiro atoms. The molecule has 1 saturated heterocycles. The van der Waals surface area contributed by atoms with Crippen LogP contribution >= 0.6 is 0 Å². The van der Waals surface area contributed by atoms with Crippen LogP contribution in [0.1, 0.15) is 12.8 Å². The predicted molar refractivity (Wildman–Crippen MR) is 119 cm³/mol. The van der Waals surface area contributed by atoms with Crippen LogP contribution in [-0.4, -0.2) is 59.0 Å². The number of hydrogen-bond donors (Lipinski definition) is 1. The van der Waals surface area contributed by atoms with Gasteiger partial charge in [0.15, 0.2) is 0 Å². The topological polar surface area (TPSA) is 119 Å². The summed E-state index contributed by atoms with van der Waals surface area (Å²) >= 11 is 0. The van der Waals surface area contributed by atoms with Gasteiger partial charge in [-0.05, 0) is 37.1 Å². The van der Waals surface area contributed by atoms with Gasteiger partial charge in [0.05, 0.1) is 24.8 Å². The fourth-order valence-electron chi connectivity index (χ4n) is 3.65. The van der Waals surface area contributed by atoms with Crippen molar-refractivity contribution < 1.29 is 27.5 Å². The van der Waals surface area contributed by atoms with Crippen LogP contribution in [0.5, 0.6) is 11.5 Å². The zero-order valence-corrected chi connectivity index (χ0v) is 18.9. The average Bonchev–Trinajstić information content (AvgIpc) is 2.82. The third-order valence-corrected chi connectivity index (χ3v) is 7.29. The zero-order valence-electron chi connectivity index (χ0n) is 18.1. The first-order valence-corrected chi connectivity index (χ1v) is 11.6. The Balaban J connectivity index is 1.95. The van der Waals surface area contributed by atoms with Crippen LogP contribution < -0.4 is 19.5 Å². The molecule has 0 radical (unpaired) electrons. The lowest BCUT2D eigenvalue weighted by Crippen LogP contribution is -2.47. The van der Waals surface area contributed by atoms with E-state index < -0.39 is 16.6 Å². The van der Waals surface area contributed by atoms with Gasteiger partial charge in [-0.15, -0.1) is 0 Å². The summed E-state index contributed by atoms with van der Waals surface area (Å²) in [6.07, 6.45) is 0.913. The average molecular weight is 462 g/mol. The van der Waals surface area contributed by atoms with E-state index in [0.29, 0.717) is 31.7 Å². The number of carbonyl (C=O) groups excluding carboxylic acids is 2. The molecule has 0 aliphatic carbocycles. The van der Waals surface area contributed by atoms with Crippen LogP contribution in [0.4, 0.5) is 5.69 Å². The molecule has 0 aromatic heterocycles. The molecule has 0 saturated carbocycles. The number of likely N-dealkylation sites (tertiary alicyclic amines) is 1. The van der Waals surface area contributed by atoms with E-state index in [4.69, 9.17) is 15.2 Å². The molecule has 1 aliphatic rings. The molecule has 2 aromatic rings. The molecule has 9 nitrogen and oxygen atoms in total. The summed E-state index contributed by atoms with van der Waals surface area (Å²) in [4.78, 5) is 26.1. The molecule has 0 atom stereocenters. The van der Waals surface area contributed by atoms with Crippen molar-refractivity contribution in [2.45, 2.75) is 17.7 Å². The van der Waals surface area contributed by atoms with Gasteiger partial charge in [0.25, 0.3) is 10.0 Å². The fraction of sp³-hybridized carbons (Fsp3) is 0.364. The highest BCUT2D eigenvalue weighted by Gasteiger charge is 2.33. The second-order valence-corrected chi connectivity index (χ2v) is 9.28. The molecule has 0 unspecified atom stereocenters. The Morgan fingerprint density at radius 2 is 1.72 bits per heavy atom. The number of hydrogen-bond acceptors (Lipinski definition) is 6. The van der Waals surface area contributed by atoms with Gasteiger partial charge in [-0.3, -0.25) is 13.9 Å². The van der Waals surface area contributed by atoms with E-state index in [0.717, 1.165) is 4.31 Å². The highest BCUT2D eigenvalue weighted by Crippen LogP contribution is 2.35. The molecule has 10 heteroatoms. The maximum absolute atomic E-state index is 13.5. The van der Waals surface area contributed by atoms with Gasteiger partial charge in [-0.25, -0.2) is 8.42 Å². The van der Waals surface area contributed by atoms with Crippen molar-refractivity contribution in [3.05, 3.63) is 48.5 Å². The Morgan fingerprint density at radius 3 is 2.28 bits per heavy atom. The van der Waals surface area contributed by atoms with E-state index in [1.54, 1.807) is 41.3 Å². The summed E-state index contributed by atoms with van der Waals surface area (Å²) < 4.78 is 38.7. The number of anilines is 1. The molecule has 0 bridgehead atoms. The van der Waals surface area contributed by atoms with E-state index in [2.05, 4.69) is 0 Å². The number of amides is 2. The Morgan fingerprint density at radius 1 is 1.06 bits per heavy atom. The lowest BCUT2D eigenvalue weighted by Gasteiger charge is -2.33. The number of sulfonamides is 1. The molecule has 1 fully saturated rings. The summed E-state index contributed by atoms with van der Waals surface area (Å²) in [5.74, 6) is -0.282. The predicted octanol–water partition coefficient (Wildman–Crippen LogP) is 1.62. The first kappa shape index (κ1) is 23.4. The van der Waals surface area contributed by atoms with Crippen LogP contribution in [0.15, 0.2) is 53.4 Å². The van der Waals surface area contributed by atoms with Gasteiger partial charge in [0.2, 0.25) is 11.8 Å². The van der Waals surface area contributed by atoms with Crippen LogP contribution in [0, 0.1) is 5.92 Å². The molecule has 3 rings (SSSR count). The molecule has 2 N–H and O–H groups in total. The third kappa shape index (κ3) is 4.96. The largest absolute Gasteiger partial charge is 0.497 e. The molecule has 1 heterocycles. The van der Waals surface area contributed by atoms with Gasteiger partial charge in [-0.1, -0.05) is 18.2 Å². The standard InChI is InChI=1S/C22H27N3O6S/c1-30-17-8-9-19(20(14-17)31-2)25(32(28,29)18-6-4-3-5-7-18)15-21(26)24-12-10-16(11-13-24)22(23)27/h3-9,14,16H,10-13,15H2,1-2H3,(H2,23,27). The number of primary amides is 1. The number of rotatable bonds is 8. The highest BCUT2D eigenvalue weighted by atomic mass is 32.2. The van der Waals surface area contributed by atoms with E-state index in [1.165, 1.54) is 26.4 Å². The molecular weight excluding hydrogens is 434 g/mol.